The Kier molecular flexibility index (Phi) is 6.87. The van der Waals surface area contributed by atoms with E-state index in [1.165, 1.54) is 0 Å². The summed E-state index contributed by atoms with van der Waals surface area (Å²) in [5, 5.41) is 2.83. The SMILES string of the molecule is COc1cc(-c2cnc(Cc3cc(OCN4CCOCC4)ccc3C)o2)cc(N2CCNC2=O)c1. The number of methoxy groups -OCH3 is 1. The minimum absolute atomic E-state index is 0.117. The van der Waals surface area contributed by atoms with Crippen molar-refractivity contribution in [1.29, 1.82) is 0 Å². The van der Waals surface area contributed by atoms with Gasteiger partial charge in [-0.1, -0.05) is 6.07 Å². The van der Waals surface area contributed by atoms with Gasteiger partial charge in [-0.05, 0) is 42.3 Å². The number of aromatic nitrogens is 1. The number of benzene rings is 2. The van der Waals surface area contributed by atoms with E-state index in [1.807, 2.05) is 24.3 Å². The van der Waals surface area contributed by atoms with Gasteiger partial charge in [0.15, 0.2) is 11.7 Å². The van der Waals surface area contributed by atoms with Crippen molar-refractivity contribution >= 4 is 11.7 Å². The van der Waals surface area contributed by atoms with Gasteiger partial charge in [0.05, 0.1) is 26.5 Å². The van der Waals surface area contributed by atoms with Crippen molar-refractivity contribution in [2.45, 2.75) is 13.3 Å². The molecular formula is C26H30N4O5. The highest BCUT2D eigenvalue weighted by Gasteiger charge is 2.23. The number of oxazole rings is 1. The van der Waals surface area contributed by atoms with E-state index in [9.17, 15) is 4.79 Å². The normalized spacial score (nSPS) is 16.4. The molecule has 5 rings (SSSR count). The number of nitrogens with zero attached hydrogens (tertiary/aromatic N) is 3. The maximum absolute atomic E-state index is 12.1. The standard InChI is InChI=1S/C26H30N4O5/c1-18-3-4-22(34-17-29-7-9-33-10-8-29)12-19(18)14-25-28-16-24(35-25)20-11-21(15-23(13-20)32-2)30-6-5-27-26(30)31/h3-4,11-13,15-16H,5-10,14,17H2,1-2H3,(H,27,31). The molecule has 184 valence electrons. The summed E-state index contributed by atoms with van der Waals surface area (Å²) in [5.74, 6) is 2.70. The zero-order valence-corrected chi connectivity index (χ0v) is 20.1. The van der Waals surface area contributed by atoms with Crippen LogP contribution in [0.25, 0.3) is 11.3 Å². The Morgan fingerprint density at radius 2 is 1.94 bits per heavy atom. The summed E-state index contributed by atoms with van der Waals surface area (Å²) in [6.45, 7) is 7.09. The first kappa shape index (κ1) is 23.2. The van der Waals surface area contributed by atoms with E-state index in [0.717, 1.165) is 54.4 Å². The van der Waals surface area contributed by atoms with Gasteiger partial charge >= 0.3 is 6.03 Å². The fourth-order valence-electron chi connectivity index (χ4n) is 4.23. The van der Waals surface area contributed by atoms with Gasteiger partial charge in [-0.3, -0.25) is 9.80 Å². The number of amides is 2. The molecule has 2 fully saturated rings. The molecule has 2 aliphatic rings. The summed E-state index contributed by atoms with van der Waals surface area (Å²) in [4.78, 5) is 20.6. The second-order valence-corrected chi connectivity index (χ2v) is 8.69. The van der Waals surface area contributed by atoms with Crippen LogP contribution in [-0.4, -0.2) is 69.1 Å². The number of hydrogen-bond acceptors (Lipinski definition) is 7. The van der Waals surface area contributed by atoms with Crippen molar-refractivity contribution in [2.24, 2.45) is 0 Å². The van der Waals surface area contributed by atoms with Crippen molar-refractivity contribution in [3.05, 3.63) is 59.6 Å². The van der Waals surface area contributed by atoms with E-state index in [-0.39, 0.29) is 6.03 Å². The van der Waals surface area contributed by atoms with Gasteiger partial charge in [-0.25, -0.2) is 9.78 Å². The van der Waals surface area contributed by atoms with Crippen LogP contribution in [-0.2, 0) is 11.2 Å². The predicted octanol–water partition coefficient (Wildman–Crippen LogP) is 3.45. The van der Waals surface area contributed by atoms with E-state index in [0.29, 0.717) is 43.6 Å². The Morgan fingerprint density at radius 1 is 1.09 bits per heavy atom. The fraction of sp³-hybridized carbons (Fsp3) is 0.385. The Morgan fingerprint density at radius 3 is 2.71 bits per heavy atom. The van der Waals surface area contributed by atoms with Crippen molar-refractivity contribution in [3.8, 4) is 22.8 Å². The Bertz CT molecular complexity index is 1190. The van der Waals surface area contributed by atoms with Gasteiger partial charge in [0.1, 0.15) is 18.2 Å². The third-order valence-electron chi connectivity index (χ3n) is 6.31. The molecule has 9 nitrogen and oxygen atoms in total. The molecule has 3 aromatic rings. The molecule has 3 heterocycles. The second kappa shape index (κ2) is 10.4. The van der Waals surface area contributed by atoms with Crippen LogP contribution in [0.15, 0.2) is 47.0 Å². The Labute approximate surface area is 204 Å². The molecule has 2 saturated heterocycles. The van der Waals surface area contributed by atoms with Crippen LogP contribution >= 0.6 is 0 Å². The largest absolute Gasteiger partial charge is 0.497 e. The molecule has 35 heavy (non-hydrogen) atoms. The molecule has 0 bridgehead atoms. The van der Waals surface area contributed by atoms with E-state index >= 15 is 0 Å². The van der Waals surface area contributed by atoms with Gasteiger partial charge in [-0.15, -0.1) is 0 Å². The molecule has 9 heteroatoms. The number of carbonyl (C=O) groups excluding carboxylic acids is 1. The summed E-state index contributed by atoms with van der Waals surface area (Å²) in [7, 11) is 1.61. The van der Waals surface area contributed by atoms with Gasteiger partial charge in [0.2, 0.25) is 0 Å². The lowest BCUT2D eigenvalue weighted by Crippen LogP contribution is -2.38. The number of anilines is 1. The zero-order valence-electron chi connectivity index (χ0n) is 20.1. The smallest absolute Gasteiger partial charge is 0.321 e. The Balaban J connectivity index is 1.31. The number of carbonyl (C=O) groups is 1. The maximum atomic E-state index is 12.1. The van der Waals surface area contributed by atoms with Gasteiger partial charge in [0, 0.05) is 49.9 Å². The third-order valence-corrected chi connectivity index (χ3v) is 6.31. The van der Waals surface area contributed by atoms with E-state index in [2.05, 4.69) is 34.3 Å². The van der Waals surface area contributed by atoms with Crippen LogP contribution < -0.4 is 19.7 Å². The number of nitrogens with one attached hydrogen (secondary N) is 1. The minimum Gasteiger partial charge on any atom is -0.497 e. The number of rotatable bonds is 8. The van der Waals surface area contributed by atoms with Gasteiger partial charge in [-0.2, -0.15) is 0 Å². The molecule has 0 spiro atoms. The highest BCUT2D eigenvalue weighted by atomic mass is 16.5. The van der Waals surface area contributed by atoms with Crippen molar-refractivity contribution in [2.75, 3.05) is 58.1 Å². The summed E-state index contributed by atoms with van der Waals surface area (Å²) in [6.07, 6.45) is 2.26. The number of aryl methyl sites for hydroxylation is 1. The van der Waals surface area contributed by atoms with Gasteiger partial charge in [0.25, 0.3) is 0 Å². The fourth-order valence-corrected chi connectivity index (χ4v) is 4.23. The highest BCUT2D eigenvalue weighted by Crippen LogP contribution is 2.32. The predicted molar refractivity (Wildman–Crippen MR) is 131 cm³/mol. The summed E-state index contributed by atoms with van der Waals surface area (Å²) in [5.41, 5.74) is 3.80. The minimum atomic E-state index is -0.117. The number of ether oxygens (including phenoxy) is 3. The second-order valence-electron chi connectivity index (χ2n) is 8.69. The van der Waals surface area contributed by atoms with Crippen LogP contribution in [0.4, 0.5) is 10.5 Å². The molecule has 2 aromatic carbocycles. The van der Waals surface area contributed by atoms with Crippen molar-refractivity contribution in [1.82, 2.24) is 15.2 Å². The molecule has 1 aromatic heterocycles. The first-order valence-electron chi connectivity index (χ1n) is 11.8. The molecule has 0 unspecified atom stereocenters. The summed E-state index contributed by atoms with van der Waals surface area (Å²) < 4.78 is 23.0. The lowest BCUT2D eigenvalue weighted by molar-refractivity contribution is 0.00406. The average molecular weight is 479 g/mol. The average Bonchev–Trinajstić information content (AvgIpc) is 3.54. The third kappa shape index (κ3) is 5.41. The first-order chi connectivity index (χ1) is 17.1. The Hall–Kier alpha value is -3.56. The maximum Gasteiger partial charge on any atom is 0.321 e. The van der Waals surface area contributed by atoms with Crippen molar-refractivity contribution < 1.29 is 23.4 Å². The number of morpholine rings is 1. The van der Waals surface area contributed by atoms with Crippen molar-refractivity contribution in [3.63, 3.8) is 0 Å². The van der Waals surface area contributed by atoms with E-state index < -0.39 is 0 Å². The number of hydrogen-bond donors (Lipinski definition) is 1. The zero-order chi connectivity index (χ0) is 24.2. The monoisotopic (exact) mass is 478 g/mol. The molecule has 0 saturated carbocycles. The molecule has 0 radical (unpaired) electrons. The molecule has 1 N–H and O–H groups in total. The van der Waals surface area contributed by atoms with Crippen LogP contribution in [0.2, 0.25) is 0 Å². The quantitative estimate of drug-likeness (QED) is 0.530. The summed E-state index contributed by atoms with van der Waals surface area (Å²) in [6, 6.07) is 11.6. The van der Waals surface area contributed by atoms with Crippen LogP contribution in [0.1, 0.15) is 17.0 Å². The van der Waals surface area contributed by atoms with E-state index in [1.54, 1.807) is 18.2 Å². The van der Waals surface area contributed by atoms with Crippen LogP contribution in [0.5, 0.6) is 11.5 Å². The van der Waals surface area contributed by atoms with Crippen LogP contribution in [0, 0.1) is 6.92 Å². The topological polar surface area (TPSA) is 89.3 Å². The molecule has 0 aliphatic carbocycles. The molecule has 2 aliphatic heterocycles. The highest BCUT2D eigenvalue weighted by molar-refractivity contribution is 5.95. The van der Waals surface area contributed by atoms with Gasteiger partial charge < -0.3 is 23.9 Å². The number of urea groups is 1. The molecule has 0 atom stereocenters. The lowest BCUT2D eigenvalue weighted by atomic mass is 10.1. The summed E-state index contributed by atoms with van der Waals surface area (Å²) >= 11 is 0. The molecule has 2 amide bonds. The van der Waals surface area contributed by atoms with Crippen LogP contribution in [0.3, 0.4) is 0 Å². The van der Waals surface area contributed by atoms with E-state index in [4.69, 9.17) is 18.6 Å². The molecular weight excluding hydrogens is 448 g/mol. The first-order valence-corrected chi connectivity index (χ1v) is 11.8. The lowest BCUT2D eigenvalue weighted by Gasteiger charge is -2.26.